The van der Waals surface area contributed by atoms with Crippen molar-refractivity contribution in [1.82, 2.24) is 9.97 Å². The molecule has 6 nitrogen and oxygen atoms in total. The van der Waals surface area contributed by atoms with Crippen LogP contribution in [0.3, 0.4) is 0 Å². The van der Waals surface area contributed by atoms with E-state index in [-0.39, 0.29) is 22.2 Å². The number of rotatable bonds is 3. The minimum absolute atomic E-state index is 0.210. The van der Waals surface area contributed by atoms with Crippen molar-refractivity contribution in [2.75, 3.05) is 10.7 Å². The van der Waals surface area contributed by atoms with Crippen LogP contribution < -0.4 is 16.6 Å². The molecule has 0 aliphatic carbocycles. The standard InChI is InChI=1S/C11H9ClFN5O/c12-8-3-6(4-16-10(8)18-14)11(19)17-9-2-1-7(13)5-15-9/h1-5H,14H2,(H,16,18)(H,15,17,19). The van der Waals surface area contributed by atoms with Crippen molar-refractivity contribution < 1.29 is 9.18 Å². The van der Waals surface area contributed by atoms with Gasteiger partial charge in [-0.2, -0.15) is 0 Å². The summed E-state index contributed by atoms with van der Waals surface area (Å²) in [7, 11) is 0. The summed E-state index contributed by atoms with van der Waals surface area (Å²) in [5, 5.41) is 2.69. The molecule has 4 N–H and O–H groups in total. The zero-order chi connectivity index (χ0) is 13.8. The number of hydrogen-bond acceptors (Lipinski definition) is 5. The van der Waals surface area contributed by atoms with Gasteiger partial charge in [0, 0.05) is 6.20 Å². The van der Waals surface area contributed by atoms with Crippen molar-refractivity contribution >= 4 is 29.1 Å². The van der Waals surface area contributed by atoms with Gasteiger partial charge in [-0.3, -0.25) is 4.79 Å². The summed E-state index contributed by atoms with van der Waals surface area (Å²) in [5.41, 5.74) is 2.52. The fourth-order valence-corrected chi connectivity index (χ4v) is 1.53. The Morgan fingerprint density at radius 2 is 2.11 bits per heavy atom. The Labute approximate surface area is 112 Å². The molecule has 0 aromatic carbocycles. The summed E-state index contributed by atoms with van der Waals surface area (Å²) in [6, 6.07) is 3.94. The molecule has 2 heterocycles. The van der Waals surface area contributed by atoms with E-state index in [1.807, 2.05) is 0 Å². The Balaban J connectivity index is 2.16. The van der Waals surface area contributed by atoms with Gasteiger partial charge in [-0.05, 0) is 18.2 Å². The maximum atomic E-state index is 12.7. The minimum Gasteiger partial charge on any atom is -0.307 e. The van der Waals surface area contributed by atoms with E-state index in [9.17, 15) is 9.18 Å². The van der Waals surface area contributed by atoms with Crippen LogP contribution in [0.25, 0.3) is 0 Å². The number of pyridine rings is 2. The zero-order valence-corrected chi connectivity index (χ0v) is 10.3. The molecule has 2 aromatic rings. The quantitative estimate of drug-likeness (QED) is 0.589. The Hall–Kier alpha value is -2.25. The smallest absolute Gasteiger partial charge is 0.258 e. The molecule has 2 rings (SSSR count). The Morgan fingerprint density at radius 1 is 1.32 bits per heavy atom. The molecule has 0 aliphatic heterocycles. The second kappa shape index (κ2) is 5.59. The number of anilines is 2. The molecule has 0 spiro atoms. The first kappa shape index (κ1) is 13.2. The van der Waals surface area contributed by atoms with E-state index in [1.165, 1.54) is 24.4 Å². The van der Waals surface area contributed by atoms with Gasteiger partial charge in [-0.25, -0.2) is 20.2 Å². The monoisotopic (exact) mass is 281 g/mol. The summed E-state index contributed by atoms with van der Waals surface area (Å²) >= 11 is 5.85. The third-order valence-electron chi connectivity index (χ3n) is 2.21. The van der Waals surface area contributed by atoms with Crippen LogP contribution >= 0.6 is 11.6 Å². The summed E-state index contributed by atoms with van der Waals surface area (Å²) < 4.78 is 12.7. The first-order valence-corrected chi connectivity index (χ1v) is 5.53. The number of hydrogen-bond donors (Lipinski definition) is 3. The van der Waals surface area contributed by atoms with Crippen molar-refractivity contribution in [2.24, 2.45) is 5.84 Å². The van der Waals surface area contributed by atoms with Crippen LogP contribution in [-0.2, 0) is 0 Å². The Kier molecular flexibility index (Phi) is 3.88. The minimum atomic E-state index is -0.485. The van der Waals surface area contributed by atoms with E-state index >= 15 is 0 Å². The lowest BCUT2D eigenvalue weighted by Crippen LogP contribution is -2.15. The van der Waals surface area contributed by atoms with E-state index in [0.29, 0.717) is 0 Å². The van der Waals surface area contributed by atoms with Crippen molar-refractivity contribution in [3.8, 4) is 0 Å². The van der Waals surface area contributed by atoms with E-state index in [2.05, 4.69) is 20.7 Å². The van der Waals surface area contributed by atoms with Gasteiger partial charge in [-0.1, -0.05) is 11.6 Å². The maximum absolute atomic E-state index is 12.7. The molecule has 8 heteroatoms. The fourth-order valence-electron chi connectivity index (χ4n) is 1.31. The van der Waals surface area contributed by atoms with Crippen LogP contribution in [0.4, 0.5) is 16.0 Å². The number of carbonyl (C=O) groups excluding carboxylic acids is 1. The number of carbonyl (C=O) groups is 1. The van der Waals surface area contributed by atoms with Crippen LogP contribution in [0.2, 0.25) is 5.02 Å². The van der Waals surface area contributed by atoms with Crippen LogP contribution in [0.15, 0.2) is 30.6 Å². The Bertz CT molecular complexity index is 605. The summed E-state index contributed by atoms with van der Waals surface area (Å²) in [6.45, 7) is 0. The average Bonchev–Trinajstić information content (AvgIpc) is 2.41. The molecule has 19 heavy (non-hydrogen) atoms. The van der Waals surface area contributed by atoms with Gasteiger partial charge in [0.1, 0.15) is 11.6 Å². The van der Waals surface area contributed by atoms with E-state index in [4.69, 9.17) is 17.4 Å². The van der Waals surface area contributed by atoms with Crippen molar-refractivity contribution in [3.05, 3.63) is 47.0 Å². The highest BCUT2D eigenvalue weighted by molar-refractivity contribution is 6.33. The fraction of sp³-hybridized carbons (Fsp3) is 0. The first-order valence-electron chi connectivity index (χ1n) is 5.15. The van der Waals surface area contributed by atoms with Crippen molar-refractivity contribution in [2.45, 2.75) is 0 Å². The van der Waals surface area contributed by atoms with Crippen LogP contribution in [0.1, 0.15) is 10.4 Å². The molecule has 0 bridgehead atoms. The van der Waals surface area contributed by atoms with Crippen LogP contribution in [0.5, 0.6) is 0 Å². The molecular formula is C11H9ClFN5O. The lowest BCUT2D eigenvalue weighted by Gasteiger charge is -2.06. The second-order valence-corrected chi connectivity index (χ2v) is 3.92. The largest absolute Gasteiger partial charge is 0.307 e. The number of amides is 1. The number of nitrogens with one attached hydrogen (secondary N) is 2. The molecule has 0 radical (unpaired) electrons. The third-order valence-corrected chi connectivity index (χ3v) is 2.50. The molecule has 98 valence electrons. The highest BCUT2D eigenvalue weighted by atomic mass is 35.5. The number of aromatic nitrogens is 2. The van der Waals surface area contributed by atoms with E-state index < -0.39 is 11.7 Å². The predicted molar refractivity (Wildman–Crippen MR) is 69.2 cm³/mol. The average molecular weight is 282 g/mol. The van der Waals surface area contributed by atoms with E-state index in [0.717, 1.165) is 6.20 Å². The molecule has 0 unspecified atom stereocenters. The Morgan fingerprint density at radius 3 is 2.68 bits per heavy atom. The first-order chi connectivity index (χ1) is 9.10. The zero-order valence-electron chi connectivity index (χ0n) is 9.52. The van der Waals surface area contributed by atoms with Gasteiger partial charge >= 0.3 is 0 Å². The number of nitrogens with zero attached hydrogens (tertiary/aromatic N) is 2. The summed E-state index contributed by atoms with van der Waals surface area (Å²) in [6.07, 6.45) is 2.31. The highest BCUT2D eigenvalue weighted by Crippen LogP contribution is 2.19. The second-order valence-electron chi connectivity index (χ2n) is 3.51. The van der Waals surface area contributed by atoms with Crippen LogP contribution in [0, 0.1) is 5.82 Å². The van der Waals surface area contributed by atoms with Gasteiger partial charge in [0.15, 0.2) is 5.82 Å². The lowest BCUT2D eigenvalue weighted by atomic mass is 10.2. The van der Waals surface area contributed by atoms with Gasteiger partial charge in [0.05, 0.1) is 16.8 Å². The van der Waals surface area contributed by atoms with Gasteiger partial charge < -0.3 is 10.7 Å². The topological polar surface area (TPSA) is 92.9 Å². The predicted octanol–water partition coefficient (Wildman–Crippen LogP) is 1.81. The molecule has 0 atom stereocenters. The third kappa shape index (κ3) is 3.15. The molecule has 2 aromatic heterocycles. The highest BCUT2D eigenvalue weighted by Gasteiger charge is 2.10. The van der Waals surface area contributed by atoms with Crippen LogP contribution in [-0.4, -0.2) is 15.9 Å². The van der Waals surface area contributed by atoms with Gasteiger partial charge in [-0.15, -0.1) is 0 Å². The van der Waals surface area contributed by atoms with Crippen molar-refractivity contribution in [3.63, 3.8) is 0 Å². The SMILES string of the molecule is NNc1ncc(C(=O)Nc2ccc(F)cn2)cc1Cl. The molecule has 0 aliphatic rings. The molecule has 1 amide bonds. The van der Waals surface area contributed by atoms with Gasteiger partial charge in [0.2, 0.25) is 0 Å². The maximum Gasteiger partial charge on any atom is 0.258 e. The van der Waals surface area contributed by atoms with Gasteiger partial charge in [0.25, 0.3) is 5.91 Å². The lowest BCUT2D eigenvalue weighted by molar-refractivity contribution is 0.102. The number of halogens is 2. The number of nitrogens with two attached hydrogens (primary N) is 1. The molecule has 0 saturated carbocycles. The summed E-state index contributed by atoms with van der Waals surface area (Å²) in [5.74, 6) is 4.71. The number of hydrazine groups is 1. The summed E-state index contributed by atoms with van der Waals surface area (Å²) in [4.78, 5) is 19.4. The normalized spacial score (nSPS) is 10.1. The molecule has 0 saturated heterocycles. The molecular weight excluding hydrogens is 273 g/mol. The van der Waals surface area contributed by atoms with Crippen molar-refractivity contribution in [1.29, 1.82) is 0 Å². The van der Waals surface area contributed by atoms with E-state index in [1.54, 1.807) is 0 Å². The number of nitrogen functional groups attached to an aromatic ring is 1. The molecule has 0 fully saturated rings.